The summed E-state index contributed by atoms with van der Waals surface area (Å²) >= 11 is 5.97. The third-order valence-electron chi connectivity index (χ3n) is 3.00. The summed E-state index contributed by atoms with van der Waals surface area (Å²) in [5.41, 5.74) is -0.841. The van der Waals surface area contributed by atoms with Crippen LogP contribution in [0.2, 0.25) is 5.02 Å². The third-order valence-corrected chi connectivity index (χ3v) is 3.33. The fourth-order valence-corrected chi connectivity index (χ4v) is 2.34. The van der Waals surface area contributed by atoms with E-state index in [9.17, 15) is 13.9 Å². The minimum Gasteiger partial charge on any atom is -0.385 e. The Kier molecular flexibility index (Phi) is 3.88. The summed E-state index contributed by atoms with van der Waals surface area (Å²) in [5, 5.41) is 10.7. The molecule has 100 valence electrons. The summed E-state index contributed by atoms with van der Waals surface area (Å²) in [4.78, 5) is 0. The number of halogens is 3. The molecule has 1 N–H and O–H groups in total. The molecule has 0 aliphatic heterocycles. The summed E-state index contributed by atoms with van der Waals surface area (Å²) in [6.07, 6.45) is 0.0167. The Morgan fingerprint density at radius 1 is 1.16 bits per heavy atom. The lowest BCUT2D eigenvalue weighted by molar-refractivity contribution is 0.0565. The van der Waals surface area contributed by atoms with Gasteiger partial charge in [-0.3, -0.25) is 0 Å². The van der Waals surface area contributed by atoms with Crippen molar-refractivity contribution in [2.75, 3.05) is 0 Å². The van der Waals surface area contributed by atoms with Gasteiger partial charge in [0.25, 0.3) is 0 Å². The standard InChI is InChI=1S/C15H13ClF2O/c1-15(19,9-10-4-2-3-5-14(10)18)12-8-11(17)6-7-13(12)16/h2-8,19H,9H2,1H3. The largest absolute Gasteiger partial charge is 0.385 e. The minimum atomic E-state index is -1.44. The van der Waals surface area contributed by atoms with Gasteiger partial charge in [-0.25, -0.2) is 8.78 Å². The highest BCUT2D eigenvalue weighted by molar-refractivity contribution is 6.31. The van der Waals surface area contributed by atoms with Gasteiger partial charge >= 0.3 is 0 Å². The second-order valence-electron chi connectivity index (χ2n) is 4.67. The molecule has 19 heavy (non-hydrogen) atoms. The Bertz CT molecular complexity index is 596. The molecule has 0 heterocycles. The van der Waals surface area contributed by atoms with E-state index in [-0.39, 0.29) is 17.0 Å². The molecule has 2 aromatic rings. The average molecular weight is 283 g/mol. The maximum Gasteiger partial charge on any atom is 0.126 e. The Morgan fingerprint density at radius 3 is 2.53 bits per heavy atom. The summed E-state index contributed by atoms with van der Waals surface area (Å²) in [6.45, 7) is 1.49. The van der Waals surface area contributed by atoms with Crippen LogP contribution in [0.1, 0.15) is 18.1 Å². The highest BCUT2D eigenvalue weighted by Crippen LogP contribution is 2.32. The molecule has 0 saturated carbocycles. The molecular weight excluding hydrogens is 270 g/mol. The van der Waals surface area contributed by atoms with Crippen molar-refractivity contribution < 1.29 is 13.9 Å². The van der Waals surface area contributed by atoms with Crippen LogP contribution in [-0.4, -0.2) is 5.11 Å². The van der Waals surface area contributed by atoms with E-state index in [0.717, 1.165) is 0 Å². The molecule has 0 aliphatic rings. The molecule has 0 saturated heterocycles. The molecule has 1 unspecified atom stereocenters. The Balaban J connectivity index is 2.37. The number of hydrogen-bond donors (Lipinski definition) is 1. The van der Waals surface area contributed by atoms with Crippen molar-refractivity contribution in [1.29, 1.82) is 0 Å². The van der Waals surface area contributed by atoms with Crippen LogP contribution in [0, 0.1) is 11.6 Å². The highest BCUT2D eigenvalue weighted by Gasteiger charge is 2.27. The van der Waals surface area contributed by atoms with Crippen molar-refractivity contribution in [3.8, 4) is 0 Å². The molecule has 2 rings (SSSR count). The van der Waals surface area contributed by atoms with E-state index in [4.69, 9.17) is 11.6 Å². The summed E-state index contributed by atoms with van der Waals surface area (Å²) in [6, 6.07) is 9.91. The van der Waals surface area contributed by atoms with Gasteiger partial charge in [-0.2, -0.15) is 0 Å². The lowest BCUT2D eigenvalue weighted by Crippen LogP contribution is -2.25. The maximum absolute atomic E-state index is 13.6. The van der Waals surface area contributed by atoms with Crippen LogP contribution in [0.3, 0.4) is 0 Å². The molecule has 0 spiro atoms. The number of rotatable bonds is 3. The molecule has 2 aromatic carbocycles. The molecule has 0 aromatic heterocycles. The monoisotopic (exact) mass is 282 g/mol. The van der Waals surface area contributed by atoms with E-state index in [2.05, 4.69) is 0 Å². The predicted molar refractivity (Wildman–Crippen MR) is 71.1 cm³/mol. The van der Waals surface area contributed by atoms with Crippen LogP contribution < -0.4 is 0 Å². The van der Waals surface area contributed by atoms with Gasteiger partial charge in [0, 0.05) is 17.0 Å². The average Bonchev–Trinajstić information content (AvgIpc) is 2.35. The number of benzene rings is 2. The molecular formula is C15H13ClF2O. The van der Waals surface area contributed by atoms with Crippen molar-refractivity contribution >= 4 is 11.6 Å². The van der Waals surface area contributed by atoms with Crippen LogP contribution in [0.15, 0.2) is 42.5 Å². The second kappa shape index (κ2) is 5.27. The normalized spacial score (nSPS) is 14.2. The van der Waals surface area contributed by atoms with Gasteiger partial charge in [0.15, 0.2) is 0 Å². The van der Waals surface area contributed by atoms with Gasteiger partial charge in [-0.1, -0.05) is 29.8 Å². The Morgan fingerprint density at radius 2 is 1.84 bits per heavy atom. The van der Waals surface area contributed by atoms with Crippen molar-refractivity contribution in [2.45, 2.75) is 18.9 Å². The van der Waals surface area contributed by atoms with Crippen LogP contribution in [0.25, 0.3) is 0 Å². The smallest absolute Gasteiger partial charge is 0.126 e. The molecule has 0 amide bonds. The Labute approximate surface area is 115 Å². The van der Waals surface area contributed by atoms with Gasteiger partial charge in [-0.05, 0) is 36.8 Å². The predicted octanol–water partition coefficient (Wildman–Crippen LogP) is 4.07. The van der Waals surface area contributed by atoms with E-state index < -0.39 is 17.2 Å². The maximum atomic E-state index is 13.6. The van der Waals surface area contributed by atoms with Gasteiger partial charge in [0.1, 0.15) is 11.6 Å². The van der Waals surface area contributed by atoms with Gasteiger partial charge in [-0.15, -0.1) is 0 Å². The zero-order valence-corrected chi connectivity index (χ0v) is 11.1. The van der Waals surface area contributed by atoms with Gasteiger partial charge in [0.05, 0.1) is 5.60 Å². The second-order valence-corrected chi connectivity index (χ2v) is 5.07. The van der Waals surface area contributed by atoms with E-state index in [1.165, 1.54) is 31.2 Å². The van der Waals surface area contributed by atoms with E-state index in [1.54, 1.807) is 18.2 Å². The zero-order chi connectivity index (χ0) is 14.0. The summed E-state index contributed by atoms with van der Waals surface area (Å²) in [5.74, 6) is -0.900. The molecule has 0 aliphatic carbocycles. The van der Waals surface area contributed by atoms with Crippen LogP contribution in [-0.2, 0) is 12.0 Å². The van der Waals surface area contributed by atoms with Gasteiger partial charge in [0.2, 0.25) is 0 Å². The van der Waals surface area contributed by atoms with Crippen LogP contribution in [0.5, 0.6) is 0 Å². The molecule has 4 heteroatoms. The topological polar surface area (TPSA) is 20.2 Å². The van der Waals surface area contributed by atoms with Crippen molar-refractivity contribution in [2.24, 2.45) is 0 Å². The first-order chi connectivity index (χ1) is 8.90. The minimum absolute atomic E-state index is 0.0167. The van der Waals surface area contributed by atoms with Gasteiger partial charge < -0.3 is 5.11 Å². The third kappa shape index (κ3) is 3.11. The first kappa shape index (κ1) is 14.0. The molecule has 0 fully saturated rings. The Hall–Kier alpha value is -1.45. The SMILES string of the molecule is CC(O)(Cc1ccccc1F)c1cc(F)ccc1Cl. The zero-order valence-electron chi connectivity index (χ0n) is 10.3. The first-order valence-electron chi connectivity index (χ1n) is 5.81. The van der Waals surface area contributed by atoms with Crippen molar-refractivity contribution in [1.82, 2.24) is 0 Å². The van der Waals surface area contributed by atoms with E-state index >= 15 is 0 Å². The molecule has 0 radical (unpaired) electrons. The number of hydrogen-bond acceptors (Lipinski definition) is 1. The fourth-order valence-electron chi connectivity index (χ4n) is 2.02. The highest BCUT2D eigenvalue weighted by atomic mass is 35.5. The molecule has 1 nitrogen and oxygen atoms in total. The van der Waals surface area contributed by atoms with Crippen LogP contribution >= 0.6 is 11.6 Å². The fraction of sp³-hybridized carbons (Fsp3) is 0.200. The lowest BCUT2D eigenvalue weighted by atomic mass is 9.89. The van der Waals surface area contributed by atoms with Crippen molar-refractivity contribution in [3.05, 3.63) is 70.2 Å². The first-order valence-corrected chi connectivity index (χ1v) is 6.19. The summed E-state index contributed by atoms with van der Waals surface area (Å²) < 4.78 is 26.8. The van der Waals surface area contributed by atoms with Crippen LogP contribution in [0.4, 0.5) is 8.78 Å². The quantitative estimate of drug-likeness (QED) is 0.900. The van der Waals surface area contributed by atoms with E-state index in [0.29, 0.717) is 5.56 Å². The molecule has 0 bridgehead atoms. The molecule has 1 atom stereocenters. The summed E-state index contributed by atoms with van der Waals surface area (Å²) in [7, 11) is 0. The number of aliphatic hydroxyl groups is 1. The van der Waals surface area contributed by atoms with E-state index in [1.807, 2.05) is 0 Å². The van der Waals surface area contributed by atoms with Crippen molar-refractivity contribution in [3.63, 3.8) is 0 Å². The lowest BCUT2D eigenvalue weighted by Gasteiger charge is -2.25.